The molecule has 0 aliphatic rings. The molecule has 0 aromatic carbocycles. The molecule has 11 heavy (non-hydrogen) atoms. The lowest BCUT2D eigenvalue weighted by Gasteiger charge is -2.05. The highest BCUT2D eigenvalue weighted by atomic mass is 16.6. The summed E-state index contributed by atoms with van der Waals surface area (Å²) < 4.78 is 0. The fourth-order valence-corrected chi connectivity index (χ4v) is 0.749. The van der Waals surface area contributed by atoms with Gasteiger partial charge in [-0.3, -0.25) is 0 Å². The molecule has 0 radical (unpaired) electrons. The Labute approximate surface area is 68.7 Å². The average Bonchev–Trinajstić information content (AvgIpc) is 1.86. The molecule has 2 heteroatoms. The molecule has 2 nitrogen and oxygen atoms in total. The number of nitrogens with two attached hydrogens (primary N) is 1. The zero-order valence-electron chi connectivity index (χ0n) is 7.72. The van der Waals surface area contributed by atoms with Crippen molar-refractivity contribution in [2.75, 3.05) is 0 Å². The van der Waals surface area contributed by atoms with E-state index in [-0.39, 0.29) is 0 Å². The van der Waals surface area contributed by atoms with Crippen LogP contribution in [0.15, 0.2) is 23.5 Å². The van der Waals surface area contributed by atoms with E-state index in [1.807, 2.05) is 13.8 Å². The highest BCUT2D eigenvalue weighted by molar-refractivity contribution is 5.21. The molecule has 0 aromatic heterocycles. The largest absolute Gasteiger partial charge is 0.419 e. The van der Waals surface area contributed by atoms with Gasteiger partial charge in [-0.2, -0.15) is 5.90 Å². The molecule has 0 bridgehead atoms. The first-order valence-corrected chi connectivity index (χ1v) is 3.78. The quantitative estimate of drug-likeness (QED) is 0.386. The first kappa shape index (κ1) is 10.2. The molecule has 0 unspecified atom stereocenters. The van der Waals surface area contributed by atoms with E-state index in [1.165, 1.54) is 5.57 Å². The van der Waals surface area contributed by atoms with Crippen LogP contribution in [0.2, 0.25) is 0 Å². The van der Waals surface area contributed by atoms with Gasteiger partial charge in [0, 0.05) is 0 Å². The summed E-state index contributed by atoms with van der Waals surface area (Å²) in [5.41, 5.74) is 2.37. The van der Waals surface area contributed by atoms with Gasteiger partial charge in [-0.25, -0.2) is 0 Å². The van der Waals surface area contributed by atoms with Crippen LogP contribution in [0.5, 0.6) is 0 Å². The van der Waals surface area contributed by atoms with E-state index in [1.54, 1.807) is 6.26 Å². The Morgan fingerprint density at radius 1 is 1.36 bits per heavy atom. The maximum absolute atomic E-state index is 4.94. The van der Waals surface area contributed by atoms with Crippen molar-refractivity contribution in [3.05, 3.63) is 23.5 Å². The molecule has 0 heterocycles. The van der Waals surface area contributed by atoms with E-state index < -0.39 is 0 Å². The number of hydrogen-bond acceptors (Lipinski definition) is 2. The predicted octanol–water partition coefficient (Wildman–Crippen LogP) is 2.38. The fraction of sp³-hybridized carbons (Fsp3) is 0.556. The van der Waals surface area contributed by atoms with Crippen LogP contribution in [0.4, 0.5) is 0 Å². The number of hydrogen-bond donors (Lipinski definition) is 1. The van der Waals surface area contributed by atoms with Crippen molar-refractivity contribution in [3.8, 4) is 0 Å². The Kier molecular flexibility index (Phi) is 4.62. The molecule has 64 valence electrons. The van der Waals surface area contributed by atoms with Gasteiger partial charge in [0.1, 0.15) is 6.26 Å². The van der Waals surface area contributed by atoms with E-state index in [4.69, 9.17) is 5.90 Å². The molecule has 0 fully saturated rings. The average molecular weight is 155 g/mol. The monoisotopic (exact) mass is 155 g/mol. The normalized spacial score (nSPS) is 11.6. The Bertz CT molecular complexity index is 164. The maximum atomic E-state index is 4.94. The van der Waals surface area contributed by atoms with Gasteiger partial charge >= 0.3 is 0 Å². The van der Waals surface area contributed by atoms with Gasteiger partial charge in [0.25, 0.3) is 0 Å². The minimum atomic E-state index is 0.452. The van der Waals surface area contributed by atoms with Crippen LogP contribution >= 0.6 is 0 Å². The van der Waals surface area contributed by atoms with E-state index >= 15 is 0 Å². The Morgan fingerprint density at radius 2 is 1.91 bits per heavy atom. The smallest absolute Gasteiger partial charge is 0.114 e. The van der Waals surface area contributed by atoms with Crippen LogP contribution in [0.25, 0.3) is 0 Å². The summed E-state index contributed by atoms with van der Waals surface area (Å²) in [6.07, 6.45) is 3.65. The first-order chi connectivity index (χ1) is 5.07. The maximum Gasteiger partial charge on any atom is 0.114 e. The Morgan fingerprint density at radius 3 is 2.18 bits per heavy atom. The van der Waals surface area contributed by atoms with Crippen LogP contribution in [0.1, 0.15) is 27.7 Å². The van der Waals surface area contributed by atoms with Crippen molar-refractivity contribution in [2.45, 2.75) is 27.7 Å². The highest BCUT2D eigenvalue weighted by Crippen LogP contribution is 2.12. The molecule has 0 aliphatic carbocycles. The summed E-state index contributed by atoms with van der Waals surface area (Å²) in [6, 6.07) is 0. The fourth-order valence-electron chi connectivity index (χ4n) is 0.749. The van der Waals surface area contributed by atoms with E-state index in [0.29, 0.717) is 5.92 Å². The third kappa shape index (κ3) is 4.62. The van der Waals surface area contributed by atoms with Crippen molar-refractivity contribution in [3.63, 3.8) is 0 Å². The van der Waals surface area contributed by atoms with Gasteiger partial charge in [-0.05, 0) is 25.3 Å². The lowest BCUT2D eigenvalue weighted by molar-refractivity contribution is 0.256. The summed E-state index contributed by atoms with van der Waals surface area (Å²) in [7, 11) is 0. The molecular weight excluding hydrogens is 138 g/mol. The van der Waals surface area contributed by atoms with Crippen LogP contribution < -0.4 is 5.90 Å². The summed E-state index contributed by atoms with van der Waals surface area (Å²) in [4.78, 5) is 4.46. The zero-order valence-corrected chi connectivity index (χ0v) is 7.72. The molecule has 0 atom stereocenters. The van der Waals surface area contributed by atoms with Gasteiger partial charge in [0.15, 0.2) is 0 Å². The lowest BCUT2D eigenvalue weighted by atomic mass is 10.0. The van der Waals surface area contributed by atoms with Crippen molar-refractivity contribution < 1.29 is 4.84 Å². The molecule has 0 aliphatic heterocycles. The predicted molar refractivity (Wildman–Crippen MR) is 47.6 cm³/mol. The molecule has 2 N–H and O–H groups in total. The second-order valence-electron chi connectivity index (χ2n) is 3.13. The van der Waals surface area contributed by atoms with Crippen molar-refractivity contribution >= 4 is 0 Å². The van der Waals surface area contributed by atoms with E-state index in [2.05, 4.69) is 24.8 Å². The summed E-state index contributed by atoms with van der Waals surface area (Å²) in [5.74, 6) is 5.39. The molecular formula is C9H17NO. The Hall–Kier alpha value is -0.760. The minimum absolute atomic E-state index is 0.452. The third-order valence-electron chi connectivity index (χ3n) is 1.33. The van der Waals surface area contributed by atoms with Crippen LogP contribution in [-0.4, -0.2) is 0 Å². The molecule has 0 saturated heterocycles. The standard InChI is InChI=1S/C9H17NO/c1-7(2)5-9(6-11-10)8(3)4/h5-6,8H,10H2,1-4H3/b9-6+. The molecule has 0 amide bonds. The second kappa shape index (κ2) is 4.97. The zero-order chi connectivity index (χ0) is 8.85. The third-order valence-corrected chi connectivity index (χ3v) is 1.33. The van der Waals surface area contributed by atoms with Crippen molar-refractivity contribution in [1.29, 1.82) is 0 Å². The van der Waals surface area contributed by atoms with Crippen LogP contribution in [0, 0.1) is 5.92 Å². The van der Waals surface area contributed by atoms with Gasteiger partial charge in [-0.15, -0.1) is 0 Å². The van der Waals surface area contributed by atoms with Crippen LogP contribution in [-0.2, 0) is 4.84 Å². The SMILES string of the molecule is CC(C)=C/C(=C\ON)C(C)C. The number of allylic oxidation sites excluding steroid dienone is 3. The lowest BCUT2D eigenvalue weighted by Crippen LogP contribution is -1.96. The summed E-state index contributed by atoms with van der Waals surface area (Å²) in [6.45, 7) is 8.30. The second-order valence-corrected chi connectivity index (χ2v) is 3.13. The topological polar surface area (TPSA) is 35.2 Å². The number of rotatable bonds is 3. The van der Waals surface area contributed by atoms with E-state index in [0.717, 1.165) is 5.57 Å². The van der Waals surface area contributed by atoms with Crippen molar-refractivity contribution in [1.82, 2.24) is 0 Å². The van der Waals surface area contributed by atoms with Gasteiger partial charge in [0.05, 0.1) is 0 Å². The highest BCUT2D eigenvalue weighted by Gasteiger charge is 1.99. The van der Waals surface area contributed by atoms with Gasteiger partial charge in [0.2, 0.25) is 0 Å². The Balaban J connectivity index is 4.36. The summed E-state index contributed by atoms with van der Waals surface area (Å²) >= 11 is 0. The molecule has 0 spiro atoms. The van der Waals surface area contributed by atoms with E-state index in [9.17, 15) is 0 Å². The first-order valence-electron chi connectivity index (χ1n) is 3.78. The molecule has 0 saturated carbocycles. The summed E-state index contributed by atoms with van der Waals surface area (Å²) in [5, 5.41) is 0. The van der Waals surface area contributed by atoms with Gasteiger partial charge in [-0.1, -0.05) is 25.5 Å². The van der Waals surface area contributed by atoms with Crippen LogP contribution in [0.3, 0.4) is 0 Å². The van der Waals surface area contributed by atoms with Gasteiger partial charge < -0.3 is 4.84 Å². The van der Waals surface area contributed by atoms with Crippen molar-refractivity contribution in [2.24, 2.45) is 11.8 Å². The molecule has 0 rings (SSSR count). The molecule has 0 aromatic rings. The minimum Gasteiger partial charge on any atom is -0.419 e.